The molecule has 1 aromatic heterocycles. The molecule has 4 rings (SSSR count). The second kappa shape index (κ2) is 13.7. The first kappa shape index (κ1) is 31.5. The molecule has 1 aliphatic carbocycles. The summed E-state index contributed by atoms with van der Waals surface area (Å²) in [7, 11) is 0. The molecule has 1 saturated heterocycles. The number of benzene rings is 1. The third-order valence-corrected chi connectivity index (χ3v) is 7.34. The Morgan fingerprint density at radius 2 is 1.72 bits per heavy atom. The zero-order chi connectivity index (χ0) is 31.1. The molecule has 2 fully saturated rings. The van der Waals surface area contributed by atoms with Crippen molar-refractivity contribution in [1.82, 2.24) is 20.5 Å². The van der Waals surface area contributed by atoms with E-state index in [0.717, 1.165) is 18.4 Å². The Kier molecular flexibility index (Phi) is 9.99. The average molecular weight is 594 g/mol. The summed E-state index contributed by atoms with van der Waals surface area (Å²) in [6.45, 7) is 5.64. The van der Waals surface area contributed by atoms with Crippen molar-refractivity contribution in [3.8, 4) is 0 Å². The van der Waals surface area contributed by atoms with Crippen molar-refractivity contribution in [2.75, 3.05) is 11.9 Å². The van der Waals surface area contributed by atoms with E-state index < -0.39 is 52.9 Å². The summed E-state index contributed by atoms with van der Waals surface area (Å²) in [6, 6.07) is 9.72. The number of rotatable bonds is 12. The molecular weight excluding hydrogens is 554 g/mol. The molecule has 4 N–H and O–H groups in total. The van der Waals surface area contributed by atoms with Gasteiger partial charge in [-0.25, -0.2) is 4.79 Å². The molecule has 3 atom stereocenters. The number of ketones is 1. The molecule has 0 radical (unpaired) electrons. The van der Waals surface area contributed by atoms with Gasteiger partial charge in [0.05, 0.1) is 6.04 Å². The summed E-state index contributed by atoms with van der Waals surface area (Å²) >= 11 is 0. The number of amides is 4. The fourth-order valence-corrected chi connectivity index (χ4v) is 4.96. The molecule has 2 heterocycles. The van der Waals surface area contributed by atoms with Gasteiger partial charge in [-0.2, -0.15) is 0 Å². The quantitative estimate of drug-likeness (QED) is 0.275. The lowest BCUT2D eigenvalue weighted by Crippen LogP contribution is -2.51. The number of carbonyl (C=O) groups is 5. The Hall–Kier alpha value is -4.48. The minimum absolute atomic E-state index is 0.0551. The van der Waals surface area contributed by atoms with Crippen LogP contribution in [0.2, 0.25) is 0 Å². The lowest BCUT2D eigenvalue weighted by Gasteiger charge is -2.25. The number of aromatic nitrogens is 1. The van der Waals surface area contributed by atoms with Gasteiger partial charge in [0.15, 0.2) is 0 Å². The molecule has 43 heavy (non-hydrogen) atoms. The molecular formula is C31H39N5O7. The standard InChI is InChI=1S/C31H39N5O7/c1-31(2,3)43-30(42)35-22-10-7-15-36(29(22)41)24(16-19-11-12-19)27(39)34-23(17-21-13-14-32-26(21)38)25(37)28(40)33-18-20-8-5-4-6-9-20/h4-10,15,19,21,23-24H,11-14,16-18H2,1-3H3,(H,32,38)(H,33,40)(H,34,39)(H,35,42)/t21-,23-,24-/m0/s1. The van der Waals surface area contributed by atoms with Crippen molar-refractivity contribution in [2.45, 2.75) is 77.1 Å². The van der Waals surface area contributed by atoms with E-state index in [1.54, 1.807) is 32.9 Å². The van der Waals surface area contributed by atoms with E-state index >= 15 is 0 Å². The van der Waals surface area contributed by atoms with Crippen molar-refractivity contribution in [1.29, 1.82) is 0 Å². The maximum Gasteiger partial charge on any atom is 0.412 e. The number of ether oxygens (including phenoxy) is 1. The third kappa shape index (κ3) is 9.00. The normalized spacial score (nSPS) is 17.7. The monoisotopic (exact) mass is 593 g/mol. The van der Waals surface area contributed by atoms with E-state index in [1.165, 1.54) is 22.9 Å². The Labute approximate surface area is 249 Å². The fourth-order valence-electron chi connectivity index (χ4n) is 4.96. The van der Waals surface area contributed by atoms with Gasteiger partial charge in [-0.05, 0) is 63.6 Å². The first-order valence-electron chi connectivity index (χ1n) is 14.6. The highest BCUT2D eigenvalue weighted by Gasteiger charge is 2.37. The Morgan fingerprint density at radius 1 is 1.00 bits per heavy atom. The second-order valence-electron chi connectivity index (χ2n) is 12.1. The second-order valence-corrected chi connectivity index (χ2v) is 12.1. The Bertz CT molecular complexity index is 1410. The minimum atomic E-state index is -1.28. The summed E-state index contributed by atoms with van der Waals surface area (Å²) in [5, 5.41) is 10.4. The number of anilines is 1. The summed E-state index contributed by atoms with van der Waals surface area (Å²) < 4.78 is 6.48. The fraction of sp³-hybridized carbons (Fsp3) is 0.484. The van der Waals surface area contributed by atoms with Crippen LogP contribution in [0.25, 0.3) is 0 Å². The lowest BCUT2D eigenvalue weighted by molar-refractivity contribution is -0.141. The number of nitrogens with zero attached hydrogens (tertiary/aromatic N) is 1. The highest BCUT2D eigenvalue weighted by atomic mass is 16.6. The summed E-state index contributed by atoms with van der Waals surface area (Å²) in [4.78, 5) is 78.1. The molecule has 2 aromatic rings. The number of pyridine rings is 1. The van der Waals surface area contributed by atoms with Gasteiger partial charge in [-0.15, -0.1) is 0 Å². The molecule has 1 aliphatic heterocycles. The third-order valence-electron chi connectivity index (χ3n) is 7.34. The van der Waals surface area contributed by atoms with Crippen LogP contribution < -0.4 is 26.8 Å². The van der Waals surface area contributed by atoms with Crippen LogP contribution in [0, 0.1) is 11.8 Å². The predicted octanol–water partition coefficient (Wildman–Crippen LogP) is 2.43. The van der Waals surface area contributed by atoms with Crippen LogP contribution in [0.1, 0.15) is 64.5 Å². The molecule has 0 unspecified atom stereocenters. The predicted molar refractivity (Wildman–Crippen MR) is 158 cm³/mol. The topological polar surface area (TPSA) is 165 Å². The first-order chi connectivity index (χ1) is 20.4. The van der Waals surface area contributed by atoms with Gasteiger partial charge in [-0.1, -0.05) is 43.2 Å². The molecule has 1 aromatic carbocycles. The van der Waals surface area contributed by atoms with Crippen LogP contribution in [-0.4, -0.2) is 52.4 Å². The van der Waals surface area contributed by atoms with E-state index in [9.17, 15) is 28.8 Å². The number of nitrogens with one attached hydrogen (secondary N) is 4. The van der Waals surface area contributed by atoms with E-state index in [0.29, 0.717) is 19.4 Å². The Morgan fingerprint density at radius 3 is 2.35 bits per heavy atom. The molecule has 4 amide bonds. The van der Waals surface area contributed by atoms with Crippen LogP contribution in [0.4, 0.5) is 10.5 Å². The molecule has 1 saturated carbocycles. The number of carbonyl (C=O) groups excluding carboxylic acids is 5. The van der Waals surface area contributed by atoms with Crippen LogP contribution in [0.3, 0.4) is 0 Å². The average Bonchev–Trinajstić information content (AvgIpc) is 3.69. The molecule has 2 aliphatic rings. The summed E-state index contributed by atoms with van der Waals surface area (Å²) in [5.74, 6) is -2.98. The van der Waals surface area contributed by atoms with Crippen molar-refractivity contribution in [3.05, 3.63) is 64.6 Å². The summed E-state index contributed by atoms with van der Waals surface area (Å²) in [5.41, 5.74) is -0.672. The number of Topliss-reactive ketones (excluding diaryl/α,β-unsaturated/α-hetero) is 1. The van der Waals surface area contributed by atoms with Crippen LogP contribution in [0.15, 0.2) is 53.5 Å². The summed E-state index contributed by atoms with van der Waals surface area (Å²) in [6.07, 6.45) is 3.15. The zero-order valence-corrected chi connectivity index (χ0v) is 24.7. The van der Waals surface area contributed by atoms with Gasteiger partial charge in [0.1, 0.15) is 17.3 Å². The van der Waals surface area contributed by atoms with Crippen LogP contribution in [-0.2, 0) is 30.5 Å². The van der Waals surface area contributed by atoms with Crippen LogP contribution >= 0.6 is 0 Å². The smallest absolute Gasteiger partial charge is 0.412 e. The van der Waals surface area contributed by atoms with Gasteiger partial charge >= 0.3 is 6.09 Å². The number of hydrogen-bond donors (Lipinski definition) is 4. The maximum absolute atomic E-state index is 13.8. The molecule has 0 spiro atoms. The highest BCUT2D eigenvalue weighted by molar-refractivity contribution is 6.38. The van der Waals surface area contributed by atoms with Crippen molar-refractivity contribution >= 4 is 35.3 Å². The Balaban J connectivity index is 1.54. The molecule has 12 heteroatoms. The molecule has 230 valence electrons. The van der Waals surface area contributed by atoms with E-state index in [4.69, 9.17) is 4.74 Å². The SMILES string of the molecule is CC(C)(C)OC(=O)Nc1cccn([C@@H](CC2CC2)C(=O)N[C@@H](C[C@@H]2CCNC2=O)C(=O)C(=O)NCc2ccccc2)c1=O. The zero-order valence-electron chi connectivity index (χ0n) is 24.7. The van der Waals surface area contributed by atoms with Crippen molar-refractivity contribution in [3.63, 3.8) is 0 Å². The first-order valence-corrected chi connectivity index (χ1v) is 14.6. The van der Waals surface area contributed by atoms with E-state index in [-0.39, 0.29) is 30.5 Å². The maximum atomic E-state index is 13.8. The number of hydrogen-bond acceptors (Lipinski definition) is 7. The van der Waals surface area contributed by atoms with Gasteiger partial charge in [0.2, 0.25) is 17.6 Å². The highest BCUT2D eigenvalue weighted by Crippen LogP contribution is 2.37. The van der Waals surface area contributed by atoms with E-state index in [2.05, 4.69) is 21.3 Å². The minimum Gasteiger partial charge on any atom is -0.444 e. The molecule has 12 nitrogen and oxygen atoms in total. The van der Waals surface area contributed by atoms with E-state index in [1.807, 2.05) is 18.2 Å². The largest absolute Gasteiger partial charge is 0.444 e. The van der Waals surface area contributed by atoms with Crippen molar-refractivity contribution in [2.24, 2.45) is 11.8 Å². The van der Waals surface area contributed by atoms with Gasteiger partial charge in [0, 0.05) is 25.2 Å². The van der Waals surface area contributed by atoms with Crippen LogP contribution in [0.5, 0.6) is 0 Å². The van der Waals surface area contributed by atoms with Gasteiger partial charge < -0.3 is 25.3 Å². The lowest BCUT2D eigenvalue weighted by atomic mass is 9.94. The van der Waals surface area contributed by atoms with Gasteiger partial charge in [-0.3, -0.25) is 29.3 Å². The molecule has 0 bridgehead atoms. The van der Waals surface area contributed by atoms with Crippen molar-refractivity contribution < 1.29 is 28.7 Å². The van der Waals surface area contributed by atoms with Gasteiger partial charge in [0.25, 0.3) is 11.5 Å².